The van der Waals surface area contributed by atoms with Crippen LogP contribution in [0.2, 0.25) is 0 Å². The highest BCUT2D eigenvalue weighted by Crippen LogP contribution is 2.34. The lowest BCUT2D eigenvalue weighted by Gasteiger charge is -2.38. The second-order valence-electron chi connectivity index (χ2n) is 8.42. The molecule has 1 aliphatic heterocycles. The summed E-state index contributed by atoms with van der Waals surface area (Å²) in [6.07, 6.45) is 4.06. The van der Waals surface area contributed by atoms with Crippen LogP contribution in [0.3, 0.4) is 0 Å². The standard InChI is InChI=1S/C25H28N4O/c1-3-19-9-11-22(12-10-19)28-16-27(21-13-14-21)17-29-24(30)23(18(2)26-25(28)29)15-20-7-5-4-6-8-20/h4-12,21H,3,13-17H2,1-2H3. The van der Waals surface area contributed by atoms with E-state index in [4.69, 9.17) is 4.98 Å². The van der Waals surface area contributed by atoms with Gasteiger partial charge in [-0.15, -0.1) is 0 Å². The third-order valence-corrected chi connectivity index (χ3v) is 6.28. The van der Waals surface area contributed by atoms with Gasteiger partial charge in [-0.2, -0.15) is 0 Å². The maximum atomic E-state index is 13.6. The average molecular weight is 401 g/mol. The van der Waals surface area contributed by atoms with Gasteiger partial charge in [-0.05, 0) is 49.4 Å². The Morgan fingerprint density at radius 2 is 1.70 bits per heavy atom. The molecule has 0 saturated heterocycles. The van der Waals surface area contributed by atoms with Gasteiger partial charge in [0.1, 0.15) is 0 Å². The Kier molecular flexibility index (Phi) is 4.91. The number of benzene rings is 2. The van der Waals surface area contributed by atoms with E-state index < -0.39 is 0 Å². The normalized spacial score (nSPS) is 16.5. The molecule has 0 radical (unpaired) electrons. The summed E-state index contributed by atoms with van der Waals surface area (Å²) in [5.41, 5.74) is 5.25. The van der Waals surface area contributed by atoms with Crippen LogP contribution in [0.25, 0.3) is 0 Å². The molecular formula is C25H28N4O. The van der Waals surface area contributed by atoms with E-state index in [2.05, 4.69) is 53.1 Å². The molecule has 1 aliphatic carbocycles. The van der Waals surface area contributed by atoms with E-state index in [1.54, 1.807) is 0 Å². The Bertz CT molecular complexity index is 1100. The summed E-state index contributed by atoms with van der Waals surface area (Å²) in [5, 5.41) is 0. The van der Waals surface area contributed by atoms with E-state index in [0.29, 0.717) is 19.1 Å². The minimum Gasteiger partial charge on any atom is -0.298 e. The maximum absolute atomic E-state index is 13.6. The van der Waals surface area contributed by atoms with E-state index in [9.17, 15) is 4.79 Å². The minimum atomic E-state index is 0.0851. The second-order valence-corrected chi connectivity index (χ2v) is 8.42. The van der Waals surface area contributed by atoms with Crippen LogP contribution in [0.15, 0.2) is 59.4 Å². The molecular weight excluding hydrogens is 372 g/mol. The van der Waals surface area contributed by atoms with Gasteiger partial charge in [0.05, 0.1) is 19.0 Å². The molecule has 2 aliphatic rings. The molecule has 2 heterocycles. The maximum Gasteiger partial charge on any atom is 0.259 e. The smallest absolute Gasteiger partial charge is 0.259 e. The first-order valence-corrected chi connectivity index (χ1v) is 10.9. The predicted molar refractivity (Wildman–Crippen MR) is 120 cm³/mol. The summed E-state index contributed by atoms with van der Waals surface area (Å²) in [5.74, 6) is 0.760. The van der Waals surface area contributed by atoms with E-state index in [-0.39, 0.29) is 5.56 Å². The molecule has 3 aromatic rings. The van der Waals surface area contributed by atoms with Gasteiger partial charge in [0.15, 0.2) is 0 Å². The quantitative estimate of drug-likeness (QED) is 0.643. The van der Waals surface area contributed by atoms with E-state index in [1.165, 1.54) is 18.4 Å². The summed E-state index contributed by atoms with van der Waals surface area (Å²) in [6.45, 7) is 5.53. The first-order chi connectivity index (χ1) is 14.6. The minimum absolute atomic E-state index is 0.0851. The number of hydrogen-bond donors (Lipinski definition) is 0. The van der Waals surface area contributed by atoms with Crippen molar-refractivity contribution in [3.8, 4) is 0 Å². The highest BCUT2D eigenvalue weighted by Gasteiger charge is 2.36. The van der Waals surface area contributed by atoms with Crippen molar-refractivity contribution in [3.05, 3.63) is 87.3 Å². The third kappa shape index (κ3) is 3.54. The topological polar surface area (TPSA) is 41.4 Å². The van der Waals surface area contributed by atoms with Gasteiger partial charge in [0.25, 0.3) is 5.56 Å². The molecule has 154 valence electrons. The van der Waals surface area contributed by atoms with Gasteiger partial charge < -0.3 is 0 Å². The molecule has 1 fully saturated rings. The highest BCUT2D eigenvalue weighted by molar-refractivity contribution is 5.59. The fraction of sp³-hybridized carbons (Fsp3) is 0.360. The van der Waals surface area contributed by atoms with Crippen molar-refractivity contribution in [1.82, 2.24) is 14.5 Å². The van der Waals surface area contributed by atoms with E-state index in [1.807, 2.05) is 29.7 Å². The molecule has 2 aromatic carbocycles. The zero-order valence-corrected chi connectivity index (χ0v) is 17.7. The highest BCUT2D eigenvalue weighted by atomic mass is 16.1. The monoisotopic (exact) mass is 400 g/mol. The van der Waals surface area contributed by atoms with Gasteiger partial charge in [0, 0.05) is 23.7 Å². The number of nitrogens with zero attached hydrogens (tertiary/aromatic N) is 4. The van der Waals surface area contributed by atoms with Gasteiger partial charge in [-0.3, -0.25) is 19.2 Å². The van der Waals surface area contributed by atoms with Crippen LogP contribution in [0.4, 0.5) is 11.6 Å². The Morgan fingerprint density at radius 3 is 2.37 bits per heavy atom. The largest absolute Gasteiger partial charge is 0.298 e. The summed E-state index contributed by atoms with van der Waals surface area (Å²) >= 11 is 0. The second kappa shape index (κ2) is 7.73. The average Bonchev–Trinajstić information content (AvgIpc) is 3.62. The molecule has 1 saturated carbocycles. The zero-order valence-electron chi connectivity index (χ0n) is 17.7. The lowest BCUT2D eigenvalue weighted by molar-refractivity contribution is 0.188. The van der Waals surface area contributed by atoms with Crippen LogP contribution in [0, 0.1) is 6.92 Å². The van der Waals surface area contributed by atoms with Crippen LogP contribution >= 0.6 is 0 Å². The van der Waals surface area contributed by atoms with Crippen LogP contribution < -0.4 is 10.5 Å². The number of rotatable bonds is 5. The summed E-state index contributed by atoms with van der Waals surface area (Å²) in [6, 6.07) is 19.4. The summed E-state index contributed by atoms with van der Waals surface area (Å²) in [7, 11) is 0. The molecule has 0 amide bonds. The Balaban J connectivity index is 1.58. The van der Waals surface area contributed by atoms with Crippen LogP contribution in [-0.2, 0) is 19.5 Å². The Hall–Kier alpha value is -2.92. The number of aryl methyl sites for hydroxylation is 2. The molecule has 5 nitrogen and oxygen atoms in total. The number of fused-ring (bicyclic) bond motifs is 1. The summed E-state index contributed by atoms with van der Waals surface area (Å²) in [4.78, 5) is 23.1. The van der Waals surface area contributed by atoms with Crippen LogP contribution in [-0.4, -0.2) is 27.2 Å². The van der Waals surface area contributed by atoms with Gasteiger partial charge >= 0.3 is 0 Å². The molecule has 0 bridgehead atoms. The van der Waals surface area contributed by atoms with Crippen molar-refractivity contribution < 1.29 is 0 Å². The van der Waals surface area contributed by atoms with Crippen molar-refractivity contribution in [3.63, 3.8) is 0 Å². The molecule has 0 atom stereocenters. The third-order valence-electron chi connectivity index (χ3n) is 6.28. The first-order valence-electron chi connectivity index (χ1n) is 10.9. The summed E-state index contributed by atoms with van der Waals surface area (Å²) < 4.78 is 1.88. The molecule has 5 rings (SSSR count). The Morgan fingerprint density at radius 1 is 0.967 bits per heavy atom. The molecule has 5 heteroatoms. The zero-order chi connectivity index (χ0) is 20.7. The van der Waals surface area contributed by atoms with Gasteiger partial charge in [0.2, 0.25) is 5.95 Å². The molecule has 0 unspecified atom stereocenters. The fourth-order valence-electron chi connectivity index (χ4n) is 4.27. The lowest BCUT2D eigenvalue weighted by Crippen LogP contribution is -2.48. The lowest BCUT2D eigenvalue weighted by atomic mass is 10.1. The number of hydrogen-bond acceptors (Lipinski definition) is 4. The van der Waals surface area contributed by atoms with Crippen molar-refractivity contribution in [2.75, 3.05) is 11.6 Å². The van der Waals surface area contributed by atoms with Gasteiger partial charge in [-0.1, -0.05) is 49.4 Å². The van der Waals surface area contributed by atoms with E-state index >= 15 is 0 Å². The van der Waals surface area contributed by atoms with Gasteiger partial charge in [-0.25, -0.2) is 4.98 Å². The number of anilines is 2. The molecule has 0 spiro atoms. The predicted octanol–water partition coefficient (Wildman–Crippen LogP) is 4.24. The van der Waals surface area contributed by atoms with Crippen LogP contribution in [0.1, 0.15) is 42.1 Å². The first kappa shape index (κ1) is 19.1. The van der Waals surface area contributed by atoms with Crippen molar-refractivity contribution >= 4 is 11.6 Å². The number of aromatic nitrogens is 2. The van der Waals surface area contributed by atoms with Crippen molar-refractivity contribution in [2.45, 2.75) is 52.2 Å². The molecule has 0 N–H and O–H groups in total. The molecule has 1 aromatic heterocycles. The molecule has 30 heavy (non-hydrogen) atoms. The van der Waals surface area contributed by atoms with Crippen molar-refractivity contribution in [1.29, 1.82) is 0 Å². The van der Waals surface area contributed by atoms with Crippen molar-refractivity contribution in [2.24, 2.45) is 0 Å². The SMILES string of the molecule is CCc1ccc(N2CN(C3CC3)Cn3c2nc(C)c(Cc2ccccc2)c3=O)cc1. The Labute approximate surface area is 177 Å². The van der Waals surface area contributed by atoms with E-state index in [0.717, 1.165) is 41.5 Å². The fourth-order valence-corrected chi connectivity index (χ4v) is 4.27. The van der Waals surface area contributed by atoms with Crippen LogP contribution in [0.5, 0.6) is 0 Å².